The maximum atomic E-state index is 13.4. The first-order chi connectivity index (χ1) is 30.0. The van der Waals surface area contributed by atoms with Gasteiger partial charge in [0.15, 0.2) is 6.10 Å². The molecule has 9 heteroatoms. The van der Waals surface area contributed by atoms with E-state index in [2.05, 4.69) is 24.5 Å². The lowest BCUT2D eigenvalue weighted by atomic mass is 9.97. The highest BCUT2D eigenvalue weighted by atomic mass is 16.5. The molecule has 3 unspecified atom stereocenters. The van der Waals surface area contributed by atoms with E-state index >= 15 is 0 Å². The minimum absolute atomic E-state index is 0.0870. The molecular weight excluding hydrogens is 787 g/mol. The monoisotopic (exact) mass is 894 g/mol. The van der Waals surface area contributed by atoms with Crippen LogP contribution < -0.4 is 16.4 Å². The van der Waals surface area contributed by atoms with Crippen LogP contribution in [0.3, 0.4) is 0 Å². The Labute approximate surface area is 390 Å². The highest BCUT2D eigenvalue weighted by Gasteiger charge is 2.34. The number of hydrogen-bond donors (Lipinski definition) is 3. The molecule has 3 atom stereocenters. The van der Waals surface area contributed by atoms with Crippen molar-refractivity contribution in [2.24, 2.45) is 11.7 Å². The number of ether oxygens (including phenoxy) is 3. The maximum absolute atomic E-state index is 13.4. The lowest BCUT2D eigenvalue weighted by molar-refractivity contribution is -0.158. The third kappa shape index (κ3) is 41.5. The third-order valence-electron chi connectivity index (χ3n) is 12.2. The SMILES string of the molecule is CCCCCCCCCCCCCCCCCCNC(=O)C(CNC(=O)C(C)CC(C)(N)OC(C)(C)CCOC(C)(C)C)OC(=O)CCCCCCCCCCCCCCCCC. The van der Waals surface area contributed by atoms with Crippen molar-refractivity contribution in [1.29, 1.82) is 0 Å². The Morgan fingerprint density at radius 3 is 1.30 bits per heavy atom. The second-order valence-electron chi connectivity index (χ2n) is 21.0. The van der Waals surface area contributed by atoms with Gasteiger partial charge in [-0.2, -0.15) is 0 Å². The van der Waals surface area contributed by atoms with Gasteiger partial charge in [-0.3, -0.25) is 14.4 Å². The molecule has 0 aromatic carbocycles. The molecule has 2 amide bonds. The zero-order valence-corrected chi connectivity index (χ0v) is 43.3. The number of carbonyl (C=O) groups excluding carboxylic acids is 3. The van der Waals surface area contributed by atoms with Crippen LogP contribution >= 0.6 is 0 Å². The standard InChI is InChI=1S/C54H107N3O6/c1-10-12-14-16-18-20-22-24-26-28-30-32-34-36-38-40-43-56-51(60)48(62-49(58)41-39-37-35-33-31-29-27-25-23-21-19-17-15-13-11-2)46-57-50(59)47(3)45-54(9,55)63-53(7,8)42-44-61-52(4,5)6/h47-48H,10-46,55H2,1-9H3,(H,56,60)(H,57,59). The van der Waals surface area contributed by atoms with E-state index in [0.29, 0.717) is 19.6 Å². The topological polar surface area (TPSA) is 129 Å². The van der Waals surface area contributed by atoms with Gasteiger partial charge in [0.05, 0.1) is 17.7 Å². The highest BCUT2D eigenvalue weighted by molar-refractivity contribution is 5.85. The van der Waals surface area contributed by atoms with Crippen LogP contribution in [0.15, 0.2) is 0 Å². The normalized spacial score (nSPS) is 14.0. The van der Waals surface area contributed by atoms with E-state index in [1.807, 2.05) is 34.6 Å². The molecule has 0 rings (SSSR count). The summed E-state index contributed by atoms with van der Waals surface area (Å²) in [6.07, 6.45) is 39.6. The van der Waals surface area contributed by atoms with Gasteiger partial charge in [-0.15, -0.1) is 0 Å². The number of nitrogens with one attached hydrogen (secondary N) is 2. The summed E-state index contributed by atoms with van der Waals surface area (Å²) in [6.45, 7) is 19.1. The summed E-state index contributed by atoms with van der Waals surface area (Å²) in [5, 5.41) is 5.86. The molecule has 0 spiro atoms. The van der Waals surface area contributed by atoms with Gasteiger partial charge in [0, 0.05) is 31.9 Å². The minimum Gasteiger partial charge on any atom is -0.450 e. The Balaban J connectivity index is 4.75. The lowest BCUT2D eigenvalue weighted by Crippen LogP contribution is -2.50. The lowest BCUT2D eigenvalue weighted by Gasteiger charge is -2.37. The first kappa shape index (κ1) is 61.3. The van der Waals surface area contributed by atoms with Crippen molar-refractivity contribution in [1.82, 2.24) is 10.6 Å². The van der Waals surface area contributed by atoms with Crippen LogP contribution in [0.1, 0.15) is 281 Å². The predicted molar refractivity (Wildman–Crippen MR) is 267 cm³/mol. The number of amides is 2. The molecule has 374 valence electrons. The number of hydrogen-bond acceptors (Lipinski definition) is 7. The Bertz CT molecular complexity index is 1090. The Morgan fingerprint density at radius 2 is 0.905 bits per heavy atom. The van der Waals surface area contributed by atoms with Crippen LogP contribution in [-0.2, 0) is 28.6 Å². The molecule has 0 aliphatic heterocycles. The van der Waals surface area contributed by atoms with Crippen molar-refractivity contribution in [3.05, 3.63) is 0 Å². The third-order valence-corrected chi connectivity index (χ3v) is 12.2. The van der Waals surface area contributed by atoms with Gasteiger partial charge in [-0.25, -0.2) is 0 Å². The van der Waals surface area contributed by atoms with Gasteiger partial charge < -0.3 is 30.6 Å². The van der Waals surface area contributed by atoms with E-state index in [4.69, 9.17) is 19.9 Å². The molecule has 0 saturated carbocycles. The number of unbranched alkanes of at least 4 members (excludes halogenated alkanes) is 29. The molecule has 0 heterocycles. The fraction of sp³-hybridized carbons (Fsp3) is 0.944. The van der Waals surface area contributed by atoms with E-state index in [1.54, 1.807) is 13.8 Å². The van der Waals surface area contributed by atoms with Gasteiger partial charge in [-0.05, 0) is 60.8 Å². The summed E-state index contributed by atoms with van der Waals surface area (Å²) in [6, 6.07) is 0. The van der Waals surface area contributed by atoms with Gasteiger partial charge in [0.2, 0.25) is 5.91 Å². The van der Waals surface area contributed by atoms with Gasteiger partial charge in [-0.1, -0.05) is 207 Å². The number of esters is 1. The summed E-state index contributed by atoms with van der Waals surface area (Å²) in [4.78, 5) is 39.7. The smallest absolute Gasteiger partial charge is 0.306 e. The average molecular weight is 894 g/mol. The van der Waals surface area contributed by atoms with Crippen LogP contribution in [0.25, 0.3) is 0 Å². The molecule has 0 aliphatic carbocycles. The first-order valence-corrected chi connectivity index (χ1v) is 26.9. The summed E-state index contributed by atoms with van der Waals surface area (Å²) in [5.74, 6) is -1.51. The van der Waals surface area contributed by atoms with E-state index in [0.717, 1.165) is 38.5 Å². The molecule has 63 heavy (non-hydrogen) atoms. The second-order valence-corrected chi connectivity index (χ2v) is 21.0. The summed E-state index contributed by atoms with van der Waals surface area (Å²) in [7, 11) is 0. The fourth-order valence-electron chi connectivity index (χ4n) is 8.44. The van der Waals surface area contributed by atoms with Crippen molar-refractivity contribution in [3.63, 3.8) is 0 Å². The molecule has 0 aromatic rings. The van der Waals surface area contributed by atoms with Crippen LogP contribution in [0.4, 0.5) is 0 Å². The zero-order valence-electron chi connectivity index (χ0n) is 43.3. The molecule has 9 nitrogen and oxygen atoms in total. The quantitative estimate of drug-likeness (QED) is 0.0315. The maximum Gasteiger partial charge on any atom is 0.306 e. The van der Waals surface area contributed by atoms with Crippen molar-refractivity contribution in [2.45, 2.75) is 304 Å². The van der Waals surface area contributed by atoms with Gasteiger partial charge in [0.25, 0.3) is 5.91 Å². The van der Waals surface area contributed by atoms with E-state index < -0.39 is 29.3 Å². The average Bonchev–Trinajstić information content (AvgIpc) is 3.20. The molecule has 0 aromatic heterocycles. The van der Waals surface area contributed by atoms with E-state index in [-0.39, 0.29) is 36.8 Å². The summed E-state index contributed by atoms with van der Waals surface area (Å²) in [5.41, 5.74) is 4.72. The second kappa shape index (κ2) is 39.5. The molecule has 0 radical (unpaired) electrons. The molecule has 0 bridgehead atoms. The Hall–Kier alpha value is -1.71. The molecule has 0 saturated heterocycles. The minimum atomic E-state index is -1.09. The van der Waals surface area contributed by atoms with Crippen LogP contribution in [-0.4, -0.2) is 60.5 Å². The number of nitrogens with two attached hydrogens (primary N) is 1. The molecule has 0 aliphatic rings. The summed E-state index contributed by atoms with van der Waals surface area (Å²) < 4.78 is 17.9. The first-order valence-electron chi connectivity index (χ1n) is 26.9. The van der Waals surface area contributed by atoms with Crippen LogP contribution in [0.5, 0.6) is 0 Å². The number of carbonyl (C=O) groups is 3. The van der Waals surface area contributed by atoms with Crippen molar-refractivity contribution in [2.75, 3.05) is 19.7 Å². The van der Waals surface area contributed by atoms with E-state index in [9.17, 15) is 14.4 Å². The Morgan fingerprint density at radius 1 is 0.524 bits per heavy atom. The van der Waals surface area contributed by atoms with Gasteiger partial charge >= 0.3 is 5.97 Å². The van der Waals surface area contributed by atoms with Crippen molar-refractivity contribution in [3.8, 4) is 0 Å². The molecule has 0 fully saturated rings. The zero-order chi connectivity index (χ0) is 47.1. The van der Waals surface area contributed by atoms with E-state index in [1.165, 1.54) is 161 Å². The molecule has 4 N–H and O–H groups in total. The van der Waals surface area contributed by atoms with Crippen molar-refractivity contribution < 1.29 is 28.6 Å². The summed E-state index contributed by atoms with van der Waals surface area (Å²) >= 11 is 0. The highest BCUT2D eigenvalue weighted by Crippen LogP contribution is 2.26. The fourth-order valence-corrected chi connectivity index (χ4v) is 8.44. The largest absolute Gasteiger partial charge is 0.450 e. The van der Waals surface area contributed by atoms with Crippen molar-refractivity contribution >= 4 is 17.8 Å². The van der Waals surface area contributed by atoms with Crippen LogP contribution in [0, 0.1) is 5.92 Å². The number of rotatable bonds is 45. The van der Waals surface area contributed by atoms with Crippen LogP contribution in [0.2, 0.25) is 0 Å². The Kier molecular flexibility index (Phi) is 38.4. The predicted octanol–water partition coefficient (Wildman–Crippen LogP) is 14.4. The molecular formula is C54H107N3O6. The van der Waals surface area contributed by atoms with Gasteiger partial charge in [0.1, 0.15) is 5.72 Å².